The van der Waals surface area contributed by atoms with Gasteiger partial charge in [0.1, 0.15) is 5.82 Å². The van der Waals surface area contributed by atoms with Crippen LogP contribution < -0.4 is 5.32 Å². The molecule has 1 N–H and O–H groups in total. The first-order valence-electron chi connectivity index (χ1n) is 10.1. The lowest BCUT2D eigenvalue weighted by molar-refractivity contribution is -0.133. The molecule has 0 radical (unpaired) electrons. The Hall–Kier alpha value is -2.14. The Morgan fingerprint density at radius 2 is 2.04 bits per heavy atom. The number of allylic oxidation sites excluding steroid dienone is 3. The van der Waals surface area contributed by atoms with Crippen molar-refractivity contribution in [1.82, 2.24) is 10.2 Å². The van der Waals surface area contributed by atoms with E-state index in [4.69, 9.17) is 4.74 Å². The molecule has 5 heteroatoms. The number of nitrogens with zero attached hydrogens (tertiary/aromatic N) is 2. The third-order valence-corrected chi connectivity index (χ3v) is 5.48. The van der Waals surface area contributed by atoms with Gasteiger partial charge in [-0.05, 0) is 59.2 Å². The van der Waals surface area contributed by atoms with Gasteiger partial charge in [-0.3, -0.25) is 4.79 Å². The van der Waals surface area contributed by atoms with Gasteiger partial charge in [-0.2, -0.15) is 0 Å². The molecule has 5 nitrogen and oxygen atoms in total. The second-order valence-corrected chi connectivity index (χ2v) is 8.16. The summed E-state index contributed by atoms with van der Waals surface area (Å²) in [5.41, 5.74) is 3.83. The Labute approximate surface area is 169 Å². The zero-order valence-electron chi connectivity index (χ0n) is 18.1. The van der Waals surface area contributed by atoms with Crippen molar-refractivity contribution < 1.29 is 9.53 Å². The number of hydrogen-bond donors (Lipinski definition) is 1. The lowest BCUT2D eigenvalue weighted by Crippen LogP contribution is -2.47. The van der Waals surface area contributed by atoms with Gasteiger partial charge in [-0.15, -0.1) is 0 Å². The Balaban J connectivity index is 2.32. The fourth-order valence-corrected chi connectivity index (χ4v) is 3.48. The predicted molar refractivity (Wildman–Crippen MR) is 116 cm³/mol. The molecule has 2 rings (SSSR count). The molecule has 1 saturated carbocycles. The van der Waals surface area contributed by atoms with E-state index in [-0.39, 0.29) is 17.6 Å². The zero-order chi connectivity index (χ0) is 20.9. The smallest absolute Gasteiger partial charge is 0.254 e. The minimum atomic E-state index is -0.0938. The monoisotopic (exact) mass is 385 g/mol. The maximum atomic E-state index is 13.5. The summed E-state index contributed by atoms with van der Waals surface area (Å²) in [7, 11) is 0. The van der Waals surface area contributed by atoms with Crippen molar-refractivity contribution in [2.24, 2.45) is 4.99 Å². The number of hydrogen-bond acceptors (Lipinski definition) is 4. The molecule has 1 saturated heterocycles. The van der Waals surface area contributed by atoms with Gasteiger partial charge in [0.05, 0.1) is 19.3 Å². The summed E-state index contributed by atoms with van der Waals surface area (Å²) in [6.07, 6.45) is 6.54. The highest BCUT2D eigenvalue weighted by Gasteiger charge is 2.38. The molecular weight excluding hydrogens is 350 g/mol. The summed E-state index contributed by atoms with van der Waals surface area (Å²) in [6.45, 7) is 19.4. The number of rotatable bonds is 8. The van der Waals surface area contributed by atoms with Crippen LogP contribution in [0.5, 0.6) is 0 Å². The summed E-state index contributed by atoms with van der Waals surface area (Å²) >= 11 is 0. The van der Waals surface area contributed by atoms with Gasteiger partial charge in [0.25, 0.3) is 5.91 Å². The van der Waals surface area contributed by atoms with Crippen molar-refractivity contribution >= 4 is 12.6 Å². The SMILES string of the molecule is C=C/C=C(\C)C1CN(C(=O)C(=C(C)C)/C(CC)=C(/N=C)NC2(C)CC2)CCO1. The number of amides is 1. The van der Waals surface area contributed by atoms with Crippen LogP contribution in [0.15, 0.2) is 51.8 Å². The van der Waals surface area contributed by atoms with E-state index in [9.17, 15) is 4.79 Å². The molecule has 0 spiro atoms. The van der Waals surface area contributed by atoms with Gasteiger partial charge < -0.3 is 15.0 Å². The van der Waals surface area contributed by atoms with E-state index >= 15 is 0 Å². The first-order valence-corrected chi connectivity index (χ1v) is 10.1. The van der Waals surface area contributed by atoms with E-state index in [1.807, 2.05) is 31.7 Å². The van der Waals surface area contributed by atoms with E-state index in [0.717, 1.165) is 41.0 Å². The standard InChI is InChI=1S/C23H35N3O2/c1-8-10-17(5)19-15-26(13-14-28-19)22(27)20(16(3)4)18(9-2)21(24-7)25-23(6)11-12-23/h8,10,19,25H,1,7,9,11-15H2,2-6H3/b17-10+,21-18-. The molecule has 154 valence electrons. The first-order chi connectivity index (χ1) is 13.3. The number of morpholine rings is 1. The van der Waals surface area contributed by atoms with Crippen molar-refractivity contribution in [3.8, 4) is 0 Å². The summed E-state index contributed by atoms with van der Waals surface area (Å²) in [5, 5.41) is 3.51. The molecule has 1 aliphatic carbocycles. The molecule has 1 heterocycles. The second kappa shape index (κ2) is 9.37. The number of carbonyl (C=O) groups excluding carboxylic acids is 1. The molecule has 1 amide bonds. The normalized spacial score (nSPS) is 22.1. The van der Waals surface area contributed by atoms with Crippen molar-refractivity contribution in [1.29, 1.82) is 0 Å². The molecule has 0 aromatic rings. The lowest BCUT2D eigenvalue weighted by Gasteiger charge is -2.35. The average Bonchev–Trinajstić information content (AvgIpc) is 3.41. The molecule has 0 aromatic carbocycles. The highest BCUT2D eigenvalue weighted by molar-refractivity contribution is 5.98. The van der Waals surface area contributed by atoms with E-state index < -0.39 is 0 Å². The van der Waals surface area contributed by atoms with Crippen molar-refractivity contribution in [3.05, 3.63) is 46.8 Å². The minimum Gasteiger partial charge on any atom is -0.370 e. The third kappa shape index (κ3) is 5.22. The number of ether oxygens (including phenoxy) is 1. The first kappa shape index (κ1) is 22.2. The van der Waals surface area contributed by atoms with Crippen molar-refractivity contribution in [2.45, 2.75) is 65.5 Å². The average molecular weight is 386 g/mol. The van der Waals surface area contributed by atoms with Crippen LogP contribution >= 0.6 is 0 Å². The number of nitrogens with one attached hydrogen (secondary N) is 1. The Morgan fingerprint density at radius 3 is 2.54 bits per heavy atom. The number of carbonyl (C=O) groups is 1. The van der Waals surface area contributed by atoms with E-state index in [0.29, 0.717) is 26.1 Å². The third-order valence-electron chi connectivity index (χ3n) is 5.48. The molecule has 2 aliphatic rings. The molecule has 2 fully saturated rings. The maximum Gasteiger partial charge on any atom is 0.254 e. The van der Waals surface area contributed by atoms with Crippen LogP contribution in [0, 0.1) is 0 Å². The maximum absolute atomic E-state index is 13.5. The van der Waals surface area contributed by atoms with Crippen molar-refractivity contribution in [2.75, 3.05) is 19.7 Å². The van der Waals surface area contributed by atoms with Crippen LogP contribution in [-0.4, -0.2) is 48.9 Å². The summed E-state index contributed by atoms with van der Waals surface area (Å²) in [5.74, 6) is 0.778. The van der Waals surface area contributed by atoms with E-state index in [1.165, 1.54) is 0 Å². The lowest BCUT2D eigenvalue weighted by atomic mass is 9.96. The molecule has 1 aliphatic heterocycles. The van der Waals surface area contributed by atoms with Crippen molar-refractivity contribution in [3.63, 3.8) is 0 Å². The predicted octanol–water partition coefficient (Wildman–Crippen LogP) is 4.15. The van der Waals surface area contributed by atoms with Gasteiger partial charge in [0.15, 0.2) is 0 Å². The summed E-state index contributed by atoms with van der Waals surface area (Å²) in [4.78, 5) is 19.7. The van der Waals surface area contributed by atoms with Crippen LogP contribution in [0.2, 0.25) is 0 Å². The zero-order valence-corrected chi connectivity index (χ0v) is 18.1. The highest BCUT2D eigenvalue weighted by atomic mass is 16.5. The second-order valence-electron chi connectivity index (χ2n) is 8.16. The van der Waals surface area contributed by atoms with Crippen LogP contribution in [-0.2, 0) is 9.53 Å². The van der Waals surface area contributed by atoms with Gasteiger partial charge >= 0.3 is 0 Å². The highest BCUT2D eigenvalue weighted by Crippen LogP contribution is 2.37. The molecular formula is C23H35N3O2. The molecule has 1 unspecified atom stereocenters. The van der Waals surface area contributed by atoms with Crippen LogP contribution in [0.3, 0.4) is 0 Å². The fourth-order valence-electron chi connectivity index (χ4n) is 3.48. The minimum absolute atomic E-state index is 0.0421. The van der Waals surface area contributed by atoms with E-state index in [1.54, 1.807) is 6.08 Å². The summed E-state index contributed by atoms with van der Waals surface area (Å²) in [6, 6.07) is 0. The summed E-state index contributed by atoms with van der Waals surface area (Å²) < 4.78 is 5.86. The Bertz CT molecular complexity index is 722. The fraction of sp³-hybridized carbons (Fsp3) is 0.565. The topological polar surface area (TPSA) is 53.9 Å². The molecule has 0 aromatic heterocycles. The Kier molecular flexibility index (Phi) is 7.41. The van der Waals surface area contributed by atoms with Crippen LogP contribution in [0.4, 0.5) is 0 Å². The van der Waals surface area contributed by atoms with E-state index in [2.05, 4.69) is 37.5 Å². The largest absolute Gasteiger partial charge is 0.370 e. The molecule has 28 heavy (non-hydrogen) atoms. The van der Waals surface area contributed by atoms with Gasteiger partial charge in [-0.1, -0.05) is 31.2 Å². The number of aliphatic imine (C=N–C) groups is 1. The van der Waals surface area contributed by atoms with Crippen LogP contribution in [0.1, 0.15) is 53.9 Å². The van der Waals surface area contributed by atoms with Crippen LogP contribution in [0.25, 0.3) is 0 Å². The quantitative estimate of drug-likeness (QED) is 0.388. The Morgan fingerprint density at radius 1 is 1.36 bits per heavy atom. The molecule has 1 atom stereocenters. The molecule has 0 bridgehead atoms. The van der Waals surface area contributed by atoms with Gasteiger partial charge in [0, 0.05) is 23.2 Å². The van der Waals surface area contributed by atoms with Gasteiger partial charge in [0.2, 0.25) is 0 Å². The van der Waals surface area contributed by atoms with Gasteiger partial charge in [-0.25, -0.2) is 4.99 Å².